The number of methoxy groups -OCH3 is 1. The van der Waals surface area contributed by atoms with Gasteiger partial charge in [0.2, 0.25) is 0 Å². The maximum absolute atomic E-state index is 12.8. The normalized spacial score (nSPS) is 14.2. The number of nitrogens with zero attached hydrogens (tertiary/aromatic N) is 6. The van der Waals surface area contributed by atoms with Crippen LogP contribution < -0.4 is 9.64 Å². The highest BCUT2D eigenvalue weighted by Crippen LogP contribution is 2.21. The molecule has 0 spiro atoms. The predicted octanol–water partition coefficient (Wildman–Crippen LogP) is 1.94. The fourth-order valence-corrected chi connectivity index (χ4v) is 3.28. The third-order valence-electron chi connectivity index (χ3n) is 4.82. The molecule has 1 amide bonds. The minimum atomic E-state index is -0.00687. The van der Waals surface area contributed by atoms with Gasteiger partial charge in [-0.2, -0.15) is 5.10 Å². The fraction of sp³-hybridized carbons (Fsp3) is 0.300. The lowest BCUT2D eigenvalue weighted by atomic mass is 10.1. The minimum absolute atomic E-state index is 0.00687. The molecule has 8 nitrogen and oxygen atoms in total. The highest BCUT2D eigenvalue weighted by atomic mass is 16.5. The highest BCUT2D eigenvalue weighted by molar-refractivity contribution is 5.97. The van der Waals surface area contributed by atoms with Gasteiger partial charge in [0.1, 0.15) is 5.75 Å². The van der Waals surface area contributed by atoms with E-state index in [2.05, 4.69) is 20.2 Å². The van der Waals surface area contributed by atoms with E-state index in [1.54, 1.807) is 17.9 Å². The zero-order chi connectivity index (χ0) is 19.5. The maximum Gasteiger partial charge on any atom is 0.257 e. The first-order valence-corrected chi connectivity index (χ1v) is 9.19. The quantitative estimate of drug-likeness (QED) is 0.691. The molecule has 1 aliphatic rings. The molecule has 144 valence electrons. The summed E-state index contributed by atoms with van der Waals surface area (Å²) in [6.07, 6.45) is 1.86. The van der Waals surface area contributed by atoms with E-state index in [1.807, 2.05) is 54.4 Å². The van der Waals surface area contributed by atoms with E-state index in [0.29, 0.717) is 43.3 Å². The number of aromatic nitrogens is 4. The monoisotopic (exact) mass is 378 g/mol. The number of rotatable bonds is 4. The van der Waals surface area contributed by atoms with E-state index in [0.717, 1.165) is 11.5 Å². The molecular formula is C20H22N6O2. The van der Waals surface area contributed by atoms with Crippen molar-refractivity contribution >= 4 is 11.7 Å². The maximum atomic E-state index is 12.8. The molecule has 3 heterocycles. The predicted molar refractivity (Wildman–Crippen MR) is 105 cm³/mol. The van der Waals surface area contributed by atoms with Crippen LogP contribution in [-0.4, -0.2) is 64.1 Å². The molecule has 28 heavy (non-hydrogen) atoms. The zero-order valence-corrected chi connectivity index (χ0v) is 15.9. The molecule has 0 unspecified atom stereocenters. The van der Waals surface area contributed by atoms with Gasteiger partial charge in [-0.1, -0.05) is 12.1 Å². The van der Waals surface area contributed by atoms with Crippen molar-refractivity contribution in [3.63, 3.8) is 0 Å². The van der Waals surface area contributed by atoms with Gasteiger partial charge in [-0.05, 0) is 37.3 Å². The molecule has 0 bridgehead atoms. The molecule has 1 saturated heterocycles. The third-order valence-corrected chi connectivity index (χ3v) is 4.82. The second kappa shape index (κ2) is 7.67. The van der Waals surface area contributed by atoms with Gasteiger partial charge in [0.15, 0.2) is 11.6 Å². The van der Waals surface area contributed by atoms with Gasteiger partial charge in [-0.25, -0.2) is 4.68 Å². The van der Waals surface area contributed by atoms with Gasteiger partial charge in [0.25, 0.3) is 5.91 Å². The Balaban J connectivity index is 1.40. The van der Waals surface area contributed by atoms with Gasteiger partial charge in [0.05, 0.1) is 18.4 Å². The van der Waals surface area contributed by atoms with Gasteiger partial charge < -0.3 is 14.5 Å². The van der Waals surface area contributed by atoms with Crippen molar-refractivity contribution in [3.8, 4) is 11.6 Å². The van der Waals surface area contributed by atoms with E-state index >= 15 is 0 Å². The van der Waals surface area contributed by atoms with Gasteiger partial charge in [-0.15, -0.1) is 10.2 Å². The van der Waals surface area contributed by atoms with Crippen molar-refractivity contribution in [1.82, 2.24) is 24.9 Å². The van der Waals surface area contributed by atoms with Crippen LogP contribution in [0.4, 0.5) is 5.82 Å². The Morgan fingerprint density at radius 3 is 2.32 bits per heavy atom. The van der Waals surface area contributed by atoms with Crippen LogP contribution in [-0.2, 0) is 0 Å². The summed E-state index contributed by atoms with van der Waals surface area (Å²) in [5, 5.41) is 13.0. The Morgan fingerprint density at radius 1 is 0.964 bits per heavy atom. The summed E-state index contributed by atoms with van der Waals surface area (Å²) in [5.41, 5.74) is 1.53. The van der Waals surface area contributed by atoms with Crippen LogP contribution in [0, 0.1) is 6.92 Å². The van der Waals surface area contributed by atoms with E-state index < -0.39 is 0 Å². The molecule has 0 atom stereocenters. The molecule has 2 aromatic heterocycles. The molecule has 1 aliphatic heterocycles. The van der Waals surface area contributed by atoms with Crippen LogP contribution in [0.3, 0.4) is 0 Å². The van der Waals surface area contributed by atoms with Crippen molar-refractivity contribution in [2.45, 2.75) is 6.92 Å². The van der Waals surface area contributed by atoms with Gasteiger partial charge >= 0.3 is 0 Å². The summed E-state index contributed by atoms with van der Waals surface area (Å²) >= 11 is 0. The van der Waals surface area contributed by atoms with Crippen LogP contribution in [0.2, 0.25) is 0 Å². The standard InChI is InChI=1S/C20H22N6O2/c1-15-9-10-26(23-15)19-8-7-18(21-22-19)24-11-13-25(14-12-24)20(27)16-5-3-4-6-17(16)28-2/h3-10H,11-14H2,1-2H3. The number of carbonyl (C=O) groups is 1. The van der Waals surface area contributed by atoms with Crippen LogP contribution in [0.25, 0.3) is 5.82 Å². The summed E-state index contributed by atoms with van der Waals surface area (Å²) in [6, 6.07) is 13.1. The Bertz CT molecular complexity index is 961. The summed E-state index contributed by atoms with van der Waals surface area (Å²) in [5.74, 6) is 2.08. The van der Waals surface area contributed by atoms with Crippen LogP contribution in [0.1, 0.15) is 16.1 Å². The first-order valence-electron chi connectivity index (χ1n) is 9.19. The number of aryl methyl sites for hydroxylation is 1. The number of carbonyl (C=O) groups excluding carboxylic acids is 1. The van der Waals surface area contributed by atoms with E-state index in [-0.39, 0.29) is 5.91 Å². The first-order chi connectivity index (χ1) is 13.7. The number of hydrogen-bond donors (Lipinski definition) is 0. The largest absolute Gasteiger partial charge is 0.496 e. The zero-order valence-electron chi connectivity index (χ0n) is 15.9. The fourth-order valence-electron chi connectivity index (χ4n) is 3.28. The summed E-state index contributed by atoms with van der Waals surface area (Å²) in [4.78, 5) is 16.8. The Hall–Kier alpha value is -3.42. The third kappa shape index (κ3) is 3.53. The summed E-state index contributed by atoms with van der Waals surface area (Å²) < 4.78 is 7.02. The smallest absolute Gasteiger partial charge is 0.257 e. The molecular weight excluding hydrogens is 356 g/mol. The van der Waals surface area contributed by atoms with Crippen molar-refractivity contribution in [2.24, 2.45) is 0 Å². The molecule has 0 aliphatic carbocycles. The SMILES string of the molecule is COc1ccccc1C(=O)N1CCN(c2ccc(-n3ccc(C)n3)nn2)CC1. The van der Waals surface area contributed by atoms with Gasteiger partial charge in [0, 0.05) is 32.4 Å². The number of benzene rings is 1. The average Bonchev–Trinajstić information content (AvgIpc) is 3.20. The van der Waals surface area contributed by atoms with Crippen molar-refractivity contribution in [1.29, 1.82) is 0 Å². The average molecular weight is 378 g/mol. The molecule has 0 radical (unpaired) electrons. The number of anilines is 1. The summed E-state index contributed by atoms with van der Waals surface area (Å²) in [6.45, 7) is 4.59. The molecule has 3 aromatic rings. The second-order valence-electron chi connectivity index (χ2n) is 6.63. The molecule has 0 saturated carbocycles. The number of piperazine rings is 1. The minimum Gasteiger partial charge on any atom is -0.496 e. The number of hydrogen-bond acceptors (Lipinski definition) is 6. The van der Waals surface area contributed by atoms with E-state index in [4.69, 9.17) is 4.74 Å². The lowest BCUT2D eigenvalue weighted by Gasteiger charge is -2.35. The van der Waals surface area contributed by atoms with Crippen LogP contribution in [0.15, 0.2) is 48.7 Å². The molecule has 0 N–H and O–H groups in total. The second-order valence-corrected chi connectivity index (χ2v) is 6.63. The van der Waals surface area contributed by atoms with Crippen LogP contribution >= 0.6 is 0 Å². The number of ether oxygens (including phenoxy) is 1. The lowest BCUT2D eigenvalue weighted by molar-refractivity contribution is 0.0743. The van der Waals surface area contributed by atoms with Gasteiger partial charge in [-0.3, -0.25) is 4.79 Å². The van der Waals surface area contributed by atoms with E-state index in [9.17, 15) is 4.79 Å². The Morgan fingerprint density at radius 2 is 1.68 bits per heavy atom. The topological polar surface area (TPSA) is 76.4 Å². The van der Waals surface area contributed by atoms with E-state index in [1.165, 1.54) is 0 Å². The first kappa shape index (κ1) is 18.0. The number of para-hydroxylation sites is 1. The van der Waals surface area contributed by atoms with Crippen LogP contribution in [0.5, 0.6) is 5.75 Å². The molecule has 1 aromatic carbocycles. The van der Waals surface area contributed by atoms with Crippen molar-refractivity contribution in [3.05, 3.63) is 59.9 Å². The summed E-state index contributed by atoms with van der Waals surface area (Å²) in [7, 11) is 1.58. The highest BCUT2D eigenvalue weighted by Gasteiger charge is 2.24. The molecule has 1 fully saturated rings. The number of amides is 1. The Kier molecular flexibility index (Phi) is 4.92. The molecule has 8 heteroatoms. The van der Waals surface area contributed by atoms with Crippen molar-refractivity contribution < 1.29 is 9.53 Å². The van der Waals surface area contributed by atoms with Crippen molar-refractivity contribution in [2.75, 3.05) is 38.2 Å². The molecule has 4 rings (SSSR count). The lowest BCUT2D eigenvalue weighted by Crippen LogP contribution is -2.49. The Labute approximate surface area is 163 Å².